The molecule has 1 aromatic heterocycles. The Morgan fingerprint density at radius 2 is 1.57 bits per heavy atom. The molecular weight excluding hydrogens is 593 g/mol. The summed E-state index contributed by atoms with van der Waals surface area (Å²) in [6, 6.07) is 38.4. The first kappa shape index (κ1) is 29.7. The molecule has 0 radical (unpaired) electrons. The van der Waals surface area contributed by atoms with Crippen LogP contribution in [0, 0.1) is 0 Å². The summed E-state index contributed by atoms with van der Waals surface area (Å²) in [5, 5.41) is 11.6. The van der Waals surface area contributed by atoms with E-state index in [1.165, 1.54) is 65.7 Å². The maximum Gasteiger partial charge on any atom is 0.0698 e. The molecule has 6 aromatic rings. The van der Waals surface area contributed by atoms with Crippen LogP contribution in [0.3, 0.4) is 0 Å². The summed E-state index contributed by atoms with van der Waals surface area (Å²) in [6.45, 7) is 2.41. The largest absolute Gasteiger partial charge is 0.384 e. The fourth-order valence-corrected chi connectivity index (χ4v) is 8.50. The molecule has 0 saturated heterocycles. The van der Waals surface area contributed by atoms with Crippen LogP contribution in [-0.4, -0.2) is 11.0 Å². The summed E-state index contributed by atoms with van der Waals surface area (Å²) in [4.78, 5) is 4.64. The van der Waals surface area contributed by atoms with Crippen LogP contribution in [0.1, 0.15) is 55.3 Å². The zero-order valence-corrected chi connectivity index (χ0v) is 27.9. The van der Waals surface area contributed by atoms with Gasteiger partial charge in [0.05, 0.1) is 11.7 Å². The van der Waals surface area contributed by atoms with Crippen LogP contribution in [0.15, 0.2) is 164 Å². The molecule has 3 unspecified atom stereocenters. The number of benzene rings is 5. The fraction of sp³-hybridized carbons (Fsp3) is 0.170. The third-order valence-corrected chi connectivity index (χ3v) is 11.0. The predicted octanol–water partition coefficient (Wildman–Crippen LogP) is 11.7. The van der Waals surface area contributed by atoms with Gasteiger partial charge in [-0.1, -0.05) is 134 Å². The summed E-state index contributed by atoms with van der Waals surface area (Å²) >= 11 is 0. The van der Waals surface area contributed by atoms with E-state index in [0.29, 0.717) is 6.04 Å². The lowest BCUT2D eigenvalue weighted by Crippen LogP contribution is -2.28. The zero-order valence-electron chi connectivity index (χ0n) is 27.9. The number of rotatable bonds is 5. The Bertz CT molecular complexity index is 2380. The summed E-state index contributed by atoms with van der Waals surface area (Å²) in [5.74, 6) is 0.289. The number of fused-ring (bicyclic) bond motifs is 3. The molecule has 1 aliphatic heterocycles. The SMILES string of the molecule is CC1(c2c3ccccc3c(C3C=CC(C4CCC=CN4)=CC3)c3cc(-c4cccc5ccccc45)ccc23)C=CC(c2ccccn2)=CC1. The van der Waals surface area contributed by atoms with Gasteiger partial charge in [0.15, 0.2) is 0 Å². The van der Waals surface area contributed by atoms with Crippen molar-refractivity contribution in [3.63, 3.8) is 0 Å². The van der Waals surface area contributed by atoms with Crippen LogP contribution in [0.5, 0.6) is 0 Å². The van der Waals surface area contributed by atoms with Crippen molar-refractivity contribution in [2.45, 2.75) is 50.0 Å². The van der Waals surface area contributed by atoms with Crippen molar-refractivity contribution in [2.75, 3.05) is 0 Å². The van der Waals surface area contributed by atoms with Crippen molar-refractivity contribution >= 4 is 37.9 Å². The van der Waals surface area contributed by atoms with Crippen molar-refractivity contribution < 1.29 is 0 Å². The topological polar surface area (TPSA) is 24.9 Å². The minimum atomic E-state index is -0.175. The van der Waals surface area contributed by atoms with Gasteiger partial charge in [-0.3, -0.25) is 4.98 Å². The third kappa shape index (κ3) is 5.23. The van der Waals surface area contributed by atoms with E-state index in [0.717, 1.165) is 31.4 Å². The maximum absolute atomic E-state index is 4.64. The van der Waals surface area contributed by atoms with E-state index in [9.17, 15) is 0 Å². The van der Waals surface area contributed by atoms with Crippen molar-refractivity contribution in [3.8, 4) is 11.1 Å². The summed E-state index contributed by atoms with van der Waals surface area (Å²) in [5.41, 5.74) is 8.86. The Labute approximate surface area is 288 Å². The van der Waals surface area contributed by atoms with Crippen LogP contribution in [0.25, 0.3) is 49.0 Å². The Balaban J connectivity index is 1.24. The normalized spacial score (nSPS) is 21.9. The number of nitrogens with one attached hydrogen (secondary N) is 1. The molecule has 0 saturated carbocycles. The Morgan fingerprint density at radius 3 is 2.35 bits per heavy atom. The van der Waals surface area contributed by atoms with E-state index in [4.69, 9.17) is 0 Å². The maximum atomic E-state index is 4.64. The highest BCUT2D eigenvalue weighted by molar-refractivity contribution is 6.09. The summed E-state index contributed by atoms with van der Waals surface area (Å²) in [7, 11) is 0. The standard InChI is InChI=1S/C47H40N2/c1-47(27-25-34(26-28-47)44-18-7-9-30-49-44)46-40-15-5-4-14-39(40)45(35-21-19-33(20-22-35)43-17-6-8-29-48-43)42-31-36(23-24-41(42)46)38-16-10-12-32-11-2-3-13-37(32)38/h2-5,7-16,18-21,23-27,29-31,35,43,48H,6,17,22,28H2,1H3. The smallest absolute Gasteiger partial charge is 0.0698 e. The van der Waals surface area contributed by atoms with Gasteiger partial charge in [0.1, 0.15) is 0 Å². The predicted molar refractivity (Wildman–Crippen MR) is 208 cm³/mol. The first-order valence-corrected chi connectivity index (χ1v) is 17.7. The number of pyridine rings is 1. The summed E-state index contributed by atoms with van der Waals surface area (Å²) in [6.07, 6.45) is 24.9. The lowest BCUT2D eigenvalue weighted by molar-refractivity contribution is 0.593. The minimum Gasteiger partial charge on any atom is -0.384 e. The highest BCUT2D eigenvalue weighted by Gasteiger charge is 2.32. The molecule has 2 heteroatoms. The lowest BCUT2D eigenvalue weighted by atomic mass is 9.70. The van der Waals surface area contributed by atoms with Crippen molar-refractivity contribution in [2.24, 2.45) is 0 Å². The van der Waals surface area contributed by atoms with E-state index < -0.39 is 0 Å². The van der Waals surface area contributed by atoms with Gasteiger partial charge in [0, 0.05) is 17.5 Å². The molecular formula is C47H40N2. The van der Waals surface area contributed by atoms with Gasteiger partial charge in [-0.2, -0.15) is 0 Å². The van der Waals surface area contributed by atoms with E-state index in [2.05, 4.69) is 163 Å². The second kappa shape index (κ2) is 12.2. The second-order valence-corrected chi connectivity index (χ2v) is 14.1. The average molecular weight is 633 g/mol. The molecule has 0 spiro atoms. The van der Waals surface area contributed by atoms with Crippen LogP contribution < -0.4 is 5.32 Å². The number of aromatic nitrogens is 1. The fourth-order valence-electron chi connectivity index (χ4n) is 8.50. The van der Waals surface area contributed by atoms with Gasteiger partial charge in [0.2, 0.25) is 0 Å². The van der Waals surface area contributed by atoms with E-state index in [1.807, 2.05) is 12.3 Å². The van der Waals surface area contributed by atoms with Crippen molar-refractivity contribution in [3.05, 3.63) is 180 Å². The molecule has 238 valence electrons. The molecule has 3 atom stereocenters. The molecule has 3 aliphatic rings. The molecule has 2 heterocycles. The Kier molecular flexibility index (Phi) is 7.38. The van der Waals surface area contributed by atoms with Crippen LogP contribution in [0.2, 0.25) is 0 Å². The molecule has 49 heavy (non-hydrogen) atoms. The first-order valence-electron chi connectivity index (χ1n) is 17.7. The number of hydrogen-bond acceptors (Lipinski definition) is 2. The van der Waals surface area contributed by atoms with Crippen LogP contribution in [-0.2, 0) is 5.41 Å². The number of nitrogens with zero attached hydrogens (tertiary/aromatic N) is 1. The monoisotopic (exact) mass is 632 g/mol. The Hall–Kier alpha value is -5.47. The van der Waals surface area contributed by atoms with Crippen molar-refractivity contribution in [1.29, 1.82) is 0 Å². The van der Waals surface area contributed by atoms with Crippen LogP contribution in [0.4, 0.5) is 0 Å². The van der Waals surface area contributed by atoms with Crippen molar-refractivity contribution in [1.82, 2.24) is 10.3 Å². The minimum absolute atomic E-state index is 0.175. The molecule has 2 nitrogen and oxygen atoms in total. The van der Waals surface area contributed by atoms with Gasteiger partial charge < -0.3 is 5.32 Å². The first-order chi connectivity index (χ1) is 24.2. The quantitative estimate of drug-likeness (QED) is 0.191. The lowest BCUT2D eigenvalue weighted by Gasteiger charge is -2.33. The van der Waals surface area contributed by atoms with E-state index in [1.54, 1.807) is 0 Å². The van der Waals surface area contributed by atoms with E-state index in [-0.39, 0.29) is 11.3 Å². The Morgan fingerprint density at radius 1 is 0.755 bits per heavy atom. The molecule has 0 fully saturated rings. The van der Waals surface area contributed by atoms with Gasteiger partial charge in [-0.05, 0) is 116 Å². The molecule has 0 amide bonds. The van der Waals surface area contributed by atoms with Gasteiger partial charge in [0.25, 0.3) is 0 Å². The highest BCUT2D eigenvalue weighted by atomic mass is 14.9. The van der Waals surface area contributed by atoms with Gasteiger partial charge in [-0.15, -0.1) is 0 Å². The molecule has 0 bridgehead atoms. The van der Waals surface area contributed by atoms with E-state index >= 15 is 0 Å². The van der Waals surface area contributed by atoms with Gasteiger partial charge in [-0.25, -0.2) is 0 Å². The molecule has 1 N–H and O–H groups in total. The molecule has 2 aliphatic carbocycles. The highest BCUT2D eigenvalue weighted by Crippen LogP contribution is 2.48. The molecule has 5 aromatic carbocycles. The van der Waals surface area contributed by atoms with Gasteiger partial charge >= 0.3 is 0 Å². The van der Waals surface area contributed by atoms with Crippen LogP contribution >= 0.6 is 0 Å². The second-order valence-electron chi connectivity index (χ2n) is 14.1. The number of allylic oxidation sites excluding steroid dienone is 7. The zero-order chi connectivity index (χ0) is 32.8. The average Bonchev–Trinajstić information content (AvgIpc) is 3.17. The molecule has 9 rings (SSSR count). The third-order valence-electron chi connectivity index (χ3n) is 11.0. The summed E-state index contributed by atoms with van der Waals surface area (Å²) < 4.78 is 0. The number of hydrogen-bond donors (Lipinski definition) is 1.